The highest BCUT2D eigenvalue weighted by molar-refractivity contribution is 5.16. The molecule has 1 fully saturated rings. The molecule has 0 bridgehead atoms. The van der Waals surface area contributed by atoms with Crippen LogP contribution in [0.15, 0.2) is 18.3 Å². The number of rotatable bonds is 1. The van der Waals surface area contributed by atoms with Crippen molar-refractivity contribution >= 4 is 0 Å². The second-order valence-corrected chi connectivity index (χ2v) is 4.08. The minimum absolute atomic E-state index is 0.298. The van der Waals surface area contributed by atoms with E-state index in [0.29, 0.717) is 0 Å². The zero-order valence-electron chi connectivity index (χ0n) is 8.17. The van der Waals surface area contributed by atoms with Gasteiger partial charge in [0.2, 0.25) is 0 Å². The van der Waals surface area contributed by atoms with E-state index in [1.165, 1.54) is 18.7 Å². The number of nitrogens with two attached hydrogens (primary N) is 1. The van der Waals surface area contributed by atoms with Gasteiger partial charge in [-0.2, -0.15) is 0 Å². The standard InChI is InChI=1S/C11H15FN2/c12-9-4-5-10(14-8-9)11(13)6-2-1-3-7-11/h4-5,8H,1-3,6-7,13H2. The summed E-state index contributed by atoms with van der Waals surface area (Å²) in [5.41, 5.74) is 6.76. The topological polar surface area (TPSA) is 38.9 Å². The molecular formula is C11H15FN2. The Morgan fingerprint density at radius 3 is 2.50 bits per heavy atom. The van der Waals surface area contributed by atoms with E-state index in [4.69, 9.17) is 5.73 Å². The number of nitrogens with zero attached hydrogens (tertiary/aromatic N) is 1. The molecule has 0 amide bonds. The number of hydrogen-bond donors (Lipinski definition) is 1. The first kappa shape index (κ1) is 9.59. The average molecular weight is 194 g/mol. The second kappa shape index (κ2) is 3.65. The van der Waals surface area contributed by atoms with Crippen LogP contribution in [0.2, 0.25) is 0 Å². The number of pyridine rings is 1. The zero-order chi connectivity index (χ0) is 10.0. The monoisotopic (exact) mass is 194 g/mol. The number of hydrogen-bond acceptors (Lipinski definition) is 2. The summed E-state index contributed by atoms with van der Waals surface area (Å²) in [4.78, 5) is 4.07. The van der Waals surface area contributed by atoms with Crippen LogP contribution in [0.25, 0.3) is 0 Å². The largest absolute Gasteiger partial charge is 0.320 e. The molecule has 3 heteroatoms. The predicted octanol–water partition coefficient (Wildman–Crippen LogP) is 2.34. The summed E-state index contributed by atoms with van der Waals surface area (Å²) in [6.07, 6.45) is 6.72. The van der Waals surface area contributed by atoms with E-state index in [1.807, 2.05) is 0 Å². The van der Waals surface area contributed by atoms with Crippen molar-refractivity contribution < 1.29 is 4.39 Å². The molecule has 1 aliphatic carbocycles. The maximum Gasteiger partial charge on any atom is 0.141 e. The third-order valence-electron chi connectivity index (χ3n) is 2.98. The smallest absolute Gasteiger partial charge is 0.141 e. The van der Waals surface area contributed by atoms with Crippen LogP contribution in [0, 0.1) is 5.82 Å². The fourth-order valence-corrected chi connectivity index (χ4v) is 2.11. The molecular weight excluding hydrogens is 179 g/mol. The Morgan fingerprint density at radius 1 is 1.21 bits per heavy atom. The van der Waals surface area contributed by atoms with Gasteiger partial charge in [0, 0.05) is 0 Å². The second-order valence-electron chi connectivity index (χ2n) is 4.08. The summed E-state index contributed by atoms with van der Waals surface area (Å²) < 4.78 is 12.7. The molecule has 0 saturated heterocycles. The van der Waals surface area contributed by atoms with Gasteiger partial charge in [0.15, 0.2) is 0 Å². The van der Waals surface area contributed by atoms with Crippen molar-refractivity contribution in [2.75, 3.05) is 0 Å². The highest BCUT2D eigenvalue weighted by Crippen LogP contribution is 2.33. The Balaban J connectivity index is 2.23. The third-order valence-corrected chi connectivity index (χ3v) is 2.98. The fraction of sp³-hybridized carbons (Fsp3) is 0.545. The van der Waals surface area contributed by atoms with E-state index >= 15 is 0 Å². The Hall–Kier alpha value is -0.960. The summed E-state index contributed by atoms with van der Waals surface area (Å²) >= 11 is 0. The highest BCUT2D eigenvalue weighted by atomic mass is 19.1. The summed E-state index contributed by atoms with van der Waals surface area (Å²) in [6.45, 7) is 0. The van der Waals surface area contributed by atoms with Gasteiger partial charge in [0.1, 0.15) is 5.82 Å². The van der Waals surface area contributed by atoms with Crippen molar-refractivity contribution in [3.8, 4) is 0 Å². The van der Waals surface area contributed by atoms with Crippen molar-refractivity contribution in [3.63, 3.8) is 0 Å². The van der Waals surface area contributed by atoms with Crippen LogP contribution in [0.3, 0.4) is 0 Å². The van der Waals surface area contributed by atoms with Crippen LogP contribution in [0.5, 0.6) is 0 Å². The first-order valence-electron chi connectivity index (χ1n) is 5.12. The maximum atomic E-state index is 12.7. The van der Waals surface area contributed by atoms with Gasteiger partial charge in [-0.1, -0.05) is 19.3 Å². The van der Waals surface area contributed by atoms with Gasteiger partial charge in [-0.25, -0.2) is 4.39 Å². The van der Waals surface area contributed by atoms with Gasteiger partial charge >= 0.3 is 0 Å². The Labute approximate surface area is 83.3 Å². The van der Waals surface area contributed by atoms with E-state index in [0.717, 1.165) is 31.4 Å². The zero-order valence-corrected chi connectivity index (χ0v) is 8.17. The Kier molecular flexibility index (Phi) is 2.50. The fourth-order valence-electron chi connectivity index (χ4n) is 2.11. The molecule has 0 spiro atoms. The molecule has 1 saturated carbocycles. The van der Waals surface area contributed by atoms with Crippen molar-refractivity contribution in [2.24, 2.45) is 5.73 Å². The van der Waals surface area contributed by atoms with Crippen molar-refractivity contribution in [1.82, 2.24) is 4.98 Å². The molecule has 1 aromatic heterocycles. The Morgan fingerprint density at radius 2 is 1.93 bits per heavy atom. The normalized spacial score (nSPS) is 20.7. The van der Waals surface area contributed by atoms with Crippen LogP contribution in [-0.4, -0.2) is 4.98 Å². The first-order chi connectivity index (χ1) is 6.71. The molecule has 2 rings (SSSR count). The molecule has 1 aromatic rings. The number of aromatic nitrogens is 1. The summed E-state index contributed by atoms with van der Waals surface area (Å²) in [5.74, 6) is -0.298. The first-order valence-corrected chi connectivity index (χ1v) is 5.12. The minimum atomic E-state index is -0.314. The van der Waals surface area contributed by atoms with E-state index in [-0.39, 0.29) is 11.4 Å². The summed E-state index contributed by atoms with van der Waals surface area (Å²) in [5, 5.41) is 0. The molecule has 0 unspecified atom stereocenters. The van der Waals surface area contributed by atoms with Crippen LogP contribution in [-0.2, 0) is 5.54 Å². The number of halogens is 1. The van der Waals surface area contributed by atoms with E-state index < -0.39 is 0 Å². The van der Waals surface area contributed by atoms with Crippen LogP contribution in [0.4, 0.5) is 4.39 Å². The molecule has 0 aromatic carbocycles. The maximum absolute atomic E-state index is 12.7. The van der Waals surface area contributed by atoms with Crippen molar-refractivity contribution in [2.45, 2.75) is 37.6 Å². The van der Waals surface area contributed by atoms with Crippen LogP contribution < -0.4 is 5.73 Å². The predicted molar refractivity (Wildman–Crippen MR) is 53.1 cm³/mol. The Bertz CT molecular complexity index is 302. The van der Waals surface area contributed by atoms with Crippen LogP contribution >= 0.6 is 0 Å². The van der Waals surface area contributed by atoms with Gasteiger partial charge in [-0.15, -0.1) is 0 Å². The summed E-state index contributed by atoms with van der Waals surface area (Å²) in [7, 11) is 0. The lowest BCUT2D eigenvalue weighted by atomic mass is 9.80. The molecule has 0 aliphatic heterocycles. The molecule has 2 nitrogen and oxygen atoms in total. The van der Waals surface area contributed by atoms with Gasteiger partial charge in [0.05, 0.1) is 17.4 Å². The van der Waals surface area contributed by atoms with E-state index in [1.54, 1.807) is 6.07 Å². The van der Waals surface area contributed by atoms with Crippen molar-refractivity contribution in [3.05, 3.63) is 29.8 Å². The third kappa shape index (κ3) is 1.77. The lowest BCUT2D eigenvalue weighted by Crippen LogP contribution is -2.39. The molecule has 1 heterocycles. The molecule has 76 valence electrons. The highest BCUT2D eigenvalue weighted by Gasteiger charge is 2.30. The molecule has 1 aliphatic rings. The van der Waals surface area contributed by atoms with E-state index in [2.05, 4.69) is 4.98 Å². The molecule has 14 heavy (non-hydrogen) atoms. The molecule has 0 atom stereocenters. The van der Waals surface area contributed by atoms with Gasteiger partial charge in [-0.3, -0.25) is 4.98 Å². The quantitative estimate of drug-likeness (QED) is 0.745. The van der Waals surface area contributed by atoms with Gasteiger partial charge in [0.25, 0.3) is 0 Å². The van der Waals surface area contributed by atoms with Crippen molar-refractivity contribution in [1.29, 1.82) is 0 Å². The SMILES string of the molecule is NC1(c2ccc(F)cn2)CCCCC1. The van der Waals surface area contributed by atoms with E-state index in [9.17, 15) is 4.39 Å². The van der Waals surface area contributed by atoms with Gasteiger partial charge in [-0.05, 0) is 25.0 Å². The average Bonchev–Trinajstić information content (AvgIpc) is 2.19. The van der Waals surface area contributed by atoms with Gasteiger partial charge < -0.3 is 5.73 Å². The lowest BCUT2D eigenvalue weighted by Gasteiger charge is -2.32. The lowest BCUT2D eigenvalue weighted by molar-refractivity contribution is 0.294. The minimum Gasteiger partial charge on any atom is -0.320 e. The molecule has 2 N–H and O–H groups in total. The summed E-state index contributed by atoms with van der Waals surface area (Å²) in [6, 6.07) is 3.15. The molecule has 0 radical (unpaired) electrons. The van der Waals surface area contributed by atoms with Crippen LogP contribution in [0.1, 0.15) is 37.8 Å².